The van der Waals surface area contributed by atoms with Gasteiger partial charge >= 0.3 is 0 Å². The normalized spacial score (nSPS) is 19.4. The second-order valence-corrected chi connectivity index (χ2v) is 5.65. The van der Waals surface area contributed by atoms with Crippen molar-refractivity contribution in [3.8, 4) is 11.5 Å². The molecule has 0 aromatic heterocycles. The predicted molar refractivity (Wildman–Crippen MR) is 71.4 cm³/mol. The minimum absolute atomic E-state index is 0.0697. The van der Waals surface area contributed by atoms with Crippen LogP contribution in [0.1, 0.15) is 30.9 Å². The molecule has 1 N–H and O–H groups in total. The van der Waals surface area contributed by atoms with Gasteiger partial charge in [-0.2, -0.15) is 0 Å². The van der Waals surface area contributed by atoms with Gasteiger partial charge in [0.1, 0.15) is 0 Å². The van der Waals surface area contributed by atoms with E-state index < -0.39 is 5.92 Å². The van der Waals surface area contributed by atoms with Crippen molar-refractivity contribution in [1.29, 1.82) is 0 Å². The van der Waals surface area contributed by atoms with Crippen LogP contribution in [-0.4, -0.2) is 19.9 Å². The highest BCUT2D eigenvalue weighted by Crippen LogP contribution is 2.41. The van der Waals surface area contributed by atoms with Gasteiger partial charge in [0.25, 0.3) is 5.92 Å². The Morgan fingerprint density at radius 1 is 1.20 bits per heavy atom. The highest BCUT2D eigenvalue weighted by Gasteiger charge is 2.31. The Balaban J connectivity index is 1.91. The summed E-state index contributed by atoms with van der Waals surface area (Å²) in [7, 11) is 0. The van der Waals surface area contributed by atoms with Crippen molar-refractivity contribution in [1.82, 2.24) is 5.32 Å². The van der Waals surface area contributed by atoms with Gasteiger partial charge in [0, 0.05) is 12.5 Å². The third-order valence-corrected chi connectivity index (χ3v) is 4.04. The molecule has 1 aromatic carbocycles. The zero-order valence-electron chi connectivity index (χ0n) is 11.5. The van der Waals surface area contributed by atoms with E-state index in [9.17, 15) is 8.78 Å². The van der Waals surface area contributed by atoms with Crippen LogP contribution in [-0.2, 0) is 12.3 Å². The van der Waals surface area contributed by atoms with Crippen LogP contribution in [0, 0.1) is 5.92 Å². The van der Waals surface area contributed by atoms with Crippen molar-refractivity contribution in [2.75, 3.05) is 19.9 Å². The average Bonchev–Trinajstić information content (AvgIpc) is 2.85. The Morgan fingerprint density at radius 2 is 1.85 bits per heavy atom. The Bertz CT molecular complexity index is 493. The van der Waals surface area contributed by atoms with Crippen LogP contribution >= 0.6 is 0 Å². The first-order valence-electron chi connectivity index (χ1n) is 7.05. The van der Waals surface area contributed by atoms with Crippen molar-refractivity contribution in [2.45, 2.75) is 32.1 Å². The fourth-order valence-electron chi connectivity index (χ4n) is 2.96. The van der Waals surface area contributed by atoms with Gasteiger partial charge in [0.15, 0.2) is 11.5 Å². The van der Waals surface area contributed by atoms with Gasteiger partial charge in [-0.25, -0.2) is 8.78 Å². The summed E-state index contributed by atoms with van der Waals surface area (Å²) in [5, 5.41) is 3.29. The first kappa shape index (κ1) is 13.6. The van der Waals surface area contributed by atoms with Gasteiger partial charge in [0.05, 0.1) is 0 Å². The molecule has 0 saturated carbocycles. The first-order chi connectivity index (χ1) is 9.54. The maximum atomic E-state index is 13.8. The summed E-state index contributed by atoms with van der Waals surface area (Å²) in [5.74, 6) is -1.39. The number of hydrogen-bond acceptors (Lipinski definition) is 3. The van der Waals surface area contributed by atoms with Crippen molar-refractivity contribution < 1.29 is 18.3 Å². The summed E-state index contributed by atoms with van der Waals surface area (Å²) in [6.07, 6.45) is 2.74. The first-order valence-corrected chi connectivity index (χ1v) is 7.05. The van der Waals surface area contributed by atoms with Gasteiger partial charge in [-0.15, -0.1) is 0 Å². The quantitative estimate of drug-likeness (QED) is 0.924. The van der Waals surface area contributed by atoms with Crippen LogP contribution in [0.15, 0.2) is 12.1 Å². The number of ether oxygens (including phenoxy) is 2. The summed E-state index contributed by atoms with van der Waals surface area (Å²) in [6, 6.07) is 3.18. The fourth-order valence-corrected chi connectivity index (χ4v) is 2.96. The Kier molecular flexibility index (Phi) is 3.54. The van der Waals surface area contributed by atoms with Crippen LogP contribution in [0.3, 0.4) is 0 Å². The number of hydrogen-bond donors (Lipinski definition) is 1. The average molecular weight is 283 g/mol. The lowest BCUT2D eigenvalue weighted by molar-refractivity contribution is 0.0161. The molecular formula is C15H19F2NO2. The molecular weight excluding hydrogens is 264 g/mol. The van der Waals surface area contributed by atoms with Gasteiger partial charge in [0.2, 0.25) is 6.79 Å². The monoisotopic (exact) mass is 283 g/mol. The molecule has 2 heterocycles. The molecule has 0 radical (unpaired) electrons. The number of alkyl halides is 2. The number of halogens is 2. The molecule has 2 aliphatic heterocycles. The lowest BCUT2D eigenvalue weighted by Crippen LogP contribution is -2.29. The highest BCUT2D eigenvalue weighted by atomic mass is 19.3. The maximum absolute atomic E-state index is 13.8. The van der Waals surface area contributed by atoms with Crippen LogP contribution in [0.5, 0.6) is 11.5 Å². The molecule has 0 aliphatic carbocycles. The number of benzene rings is 1. The standard InChI is InChI=1S/C15H19F2NO2/c1-15(16,17)12-8-14-13(19-9-20-14)7-11(12)6-10-2-4-18-5-3-10/h7-8,10,18H,2-6,9H2,1H3. The minimum Gasteiger partial charge on any atom is -0.454 e. The van der Waals surface area contributed by atoms with E-state index in [2.05, 4.69) is 5.32 Å². The van der Waals surface area contributed by atoms with E-state index in [1.807, 2.05) is 0 Å². The van der Waals surface area contributed by atoms with Crippen LogP contribution in [0.25, 0.3) is 0 Å². The molecule has 0 unspecified atom stereocenters. The molecule has 5 heteroatoms. The van der Waals surface area contributed by atoms with E-state index in [1.54, 1.807) is 6.07 Å². The smallest absolute Gasteiger partial charge is 0.270 e. The van der Waals surface area contributed by atoms with Gasteiger partial charge < -0.3 is 14.8 Å². The summed E-state index contributed by atoms with van der Waals surface area (Å²) in [6.45, 7) is 2.98. The van der Waals surface area contributed by atoms with E-state index >= 15 is 0 Å². The SMILES string of the molecule is CC(F)(F)c1cc2c(cc1CC1CCNCC1)OCO2. The van der Waals surface area contributed by atoms with E-state index in [4.69, 9.17) is 9.47 Å². The predicted octanol–water partition coefficient (Wildman–Crippen LogP) is 3.07. The Hall–Kier alpha value is -1.36. The number of rotatable bonds is 3. The third kappa shape index (κ3) is 2.73. The van der Waals surface area contributed by atoms with Crippen molar-refractivity contribution in [2.24, 2.45) is 5.92 Å². The van der Waals surface area contributed by atoms with E-state index in [-0.39, 0.29) is 12.4 Å². The lowest BCUT2D eigenvalue weighted by Gasteiger charge is -2.25. The summed E-state index contributed by atoms with van der Waals surface area (Å²) < 4.78 is 38.2. The lowest BCUT2D eigenvalue weighted by atomic mass is 9.87. The topological polar surface area (TPSA) is 30.5 Å². The molecule has 1 aromatic rings. The second kappa shape index (κ2) is 5.20. The molecule has 0 amide bonds. The zero-order chi connectivity index (χ0) is 14.2. The second-order valence-electron chi connectivity index (χ2n) is 5.65. The summed E-state index contributed by atoms with van der Waals surface area (Å²) in [5.41, 5.74) is 0.758. The largest absolute Gasteiger partial charge is 0.454 e. The molecule has 0 atom stereocenters. The molecule has 1 fully saturated rings. The highest BCUT2D eigenvalue weighted by molar-refractivity contribution is 5.50. The molecule has 3 rings (SSSR count). The maximum Gasteiger partial charge on any atom is 0.270 e. The number of nitrogens with one attached hydrogen (secondary N) is 1. The molecule has 1 saturated heterocycles. The number of fused-ring (bicyclic) bond motifs is 1. The van der Waals surface area contributed by atoms with E-state index in [0.717, 1.165) is 32.9 Å². The van der Waals surface area contributed by atoms with E-state index in [0.29, 0.717) is 29.4 Å². The molecule has 110 valence electrons. The fraction of sp³-hybridized carbons (Fsp3) is 0.600. The molecule has 0 spiro atoms. The zero-order valence-corrected chi connectivity index (χ0v) is 11.5. The molecule has 2 aliphatic rings. The molecule has 0 bridgehead atoms. The Morgan fingerprint density at radius 3 is 2.50 bits per heavy atom. The van der Waals surface area contributed by atoms with E-state index in [1.165, 1.54) is 6.07 Å². The molecule has 3 nitrogen and oxygen atoms in total. The van der Waals surface area contributed by atoms with Crippen molar-refractivity contribution >= 4 is 0 Å². The number of piperidine rings is 1. The van der Waals surface area contributed by atoms with Crippen molar-refractivity contribution in [3.05, 3.63) is 23.3 Å². The van der Waals surface area contributed by atoms with Crippen LogP contribution in [0.2, 0.25) is 0 Å². The Labute approximate surface area is 117 Å². The molecule has 20 heavy (non-hydrogen) atoms. The summed E-state index contributed by atoms with van der Waals surface area (Å²) in [4.78, 5) is 0. The van der Waals surface area contributed by atoms with Gasteiger partial charge in [-0.1, -0.05) is 0 Å². The van der Waals surface area contributed by atoms with Crippen LogP contribution in [0.4, 0.5) is 8.78 Å². The van der Waals surface area contributed by atoms with Crippen LogP contribution < -0.4 is 14.8 Å². The van der Waals surface area contributed by atoms with Gasteiger partial charge in [-0.05, 0) is 56.0 Å². The summed E-state index contributed by atoms with van der Waals surface area (Å²) >= 11 is 0. The minimum atomic E-state index is -2.86. The van der Waals surface area contributed by atoms with Gasteiger partial charge in [-0.3, -0.25) is 0 Å². The third-order valence-electron chi connectivity index (χ3n) is 4.04. The van der Waals surface area contributed by atoms with Crippen molar-refractivity contribution in [3.63, 3.8) is 0 Å².